The first-order chi connectivity index (χ1) is 14.0. The first-order valence-electron chi connectivity index (χ1n) is 8.31. The van der Waals surface area contributed by atoms with E-state index in [1.807, 2.05) is 0 Å². The first-order valence-corrected chi connectivity index (χ1v) is 9.12. The molecule has 1 aliphatic rings. The zero-order chi connectivity index (χ0) is 22.2. The highest BCUT2D eigenvalue weighted by atomic mass is 32.2. The minimum atomic E-state index is -5.05. The van der Waals surface area contributed by atoms with Gasteiger partial charge in [-0.15, -0.1) is 10.2 Å². The first kappa shape index (κ1) is 22.0. The van der Waals surface area contributed by atoms with Gasteiger partial charge in [0.25, 0.3) is 0 Å². The molecule has 30 heavy (non-hydrogen) atoms. The molecule has 2 aromatic rings. The van der Waals surface area contributed by atoms with Crippen LogP contribution in [0.5, 0.6) is 11.5 Å². The third kappa shape index (κ3) is 3.98. The van der Waals surface area contributed by atoms with E-state index in [0.717, 1.165) is 0 Å². The molecule has 160 valence electrons. The van der Waals surface area contributed by atoms with Gasteiger partial charge < -0.3 is 9.47 Å². The molecule has 0 atom stereocenters. The molecule has 0 fully saturated rings. The lowest BCUT2D eigenvalue weighted by Crippen LogP contribution is -2.46. The Labute approximate surface area is 171 Å². The predicted octanol–water partition coefficient (Wildman–Crippen LogP) is 5.57. The van der Waals surface area contributed by atoms with Crippen molar-refractivity contribution in [3.63, 3.8) is 0 Å². The summed E-state index contributed by atoms with van der Waals surface area (Å²) in [6, 6.07) is 10.6. The Hall–Kier alpha value is -2.69. The number of rotatable bonds is 4. The number of thioether (sulfide) groups is 1. The fraction of sp³-hybridized carbons (Fsp3) is 0.263. The number of hydrogen-bond donors (Lipinski definition) is 0. The van der Waals surface area contributed by atoms with Crippen LogP contribution in [-0.2, 0) is 4.75 Å². The molecule has 0 spiro atoms. The lowest BCUT2D eigenvalue weighted by molar-refractivity contribution is -0.0632. The van der Waals surface area contributed by atoms with Gasteiger partial charge in [-0.25, -0.2) is 0 Å². The standard InChI is InChI=1S/C19H14F6N2O2S/c1-28-13-7-3-11(4-8-13)17(12-5-9-14(29-2)10-6-12)15(18(20,21)22)26-27-16(30-17)19(23,24)25/h3-10H,1-2H3. The lowest BCUT2D eigenvalue weighted by atomic mass is 9.85. The quantitative estimate of drug-likeness (QED) is 0.574. The molecular formula is C19H14F6N2O2S. The van der Waals surface area contributed by atoms with E-state index in [1.165, 1.54) is 62.8 Å². The van der Waals surface area contributed by atoms with Crippen molar-refractivity contribution in [1.82, 2.24) is 0 Å². The number of ether oxygens (including phenoxy) is 2. The van der Waals surface area contributed by atoms with E-state index >= 15 is 0 Å². The summed E-state index contributed by atoms with van der Waals surface area (Å²) in [6.45, 7) is 0. The van der Waals surface area contributed by atoms with Gasteiger partial charge in [0.2, 0.25) is 5.04 Å². The fourth-order valence-corrected chi connectivity index (χ4v) is 4.21. The van der Waals surface area contributed by atoms with E-state index in [1.54, 1.807) is 0 Å². The van der Waals surface area contributed by atoms with Crippen molar-refractivity contribution in [2.45, 2.75) is 17.1 Å². The molecule has 11 heteroatoms. The van der Waals surface area contributed by atoms with E-state index in [4.69, 9.17) is 9.47 Å². The number of methoxy groups -OCH3 is 2. The summed E-state index contributed by atoms with van der Waals surface area (Å²) in [7, 11) is 2.72. The number of alkyl halides is 6. The smallest absolute Gasteiger partial charge is 0.441 e. The van der Waals surface area contributed by atoms with E-state index in [2.05, 4.69) is 10.2 Å². The molecule has 0 N–H and O–H groups in total. The maximum absolute atomic E-state index is 14.0. The van der Waals surface area contributed by atoms with Gasteiger partial charge in [0.05, 0.1) is 14.2 Å². The predicted molar refractivity (Wildman–Crippen MR) is 101 cm³/mol. The summed E-state index contributed by atoms with van der Waals surface area (Å²) in [5.74, 6) is 0.666. The average Bonchev–Trinajstić information content (AvgIpc) is 2.72. The minimum absolute atomic E-state index is 0.0534. The van der Waals surface area contributed by atoms with E-state index in [0.29, 0.717) is 11.5 Å². The highest BCUT2D eigenvalue weighted by Crippen LogP contribution is 2.53. The topological polar surface area (TPSA) is 43.2 Å². The fourth-order valence-electron chi connectivity index (χ4n) is 2.96. The van der Waals surface area contributed by atoms with Crippen LogP contribution >= 0.6 is 11.8 Å². The van der Waals surface area contributed by atoms with Crippen LogP contribution in [0, 0.1) is 0 Å². The van der Waals surface area contributed by atoms with Gasteiger partial charge in [-0.2, -0.15) is 26.3 Å². The zero-order valence-corrected chi connectivity index (χ0v) is 16.3. The van der Waals surface area contributed by atoms with E-state index in [9.17, 15) is 26.3 Å². The Balaban J connectivity index is 2.32. The molecule has 1 aliphatic heterocycles. The molecule has 0 saturated heterocycles. The lowest BCUT2D eigenvalue weighted by Gasteiger charge is -2.38. The van der Waals surface area contributed by atoms with Gasteiger partial charge in [0.15, 0.2) is 5.71 Å². The maximum atomic E-state index is 14.0. The summed E-state index contributed by atoms with van der Waals surface area (Å²) in [5.41, 5.74) is -1.60. The van der Waals surface area contributed by atoms with Gasteiger partial charge in [-0.3, -0.25) is 0 Å². The third-order valence-corrected chi connectivity index (χ3v) is 5.81. The Morgan fingerprint density at radius 1 is 0.700 bits per heavy atom. The van der Waals surface area contributed by atoms with Crippen molar-refractivity contribution in [3.8, 4) is 11.5 Å². The number of hydrogen-bond acceptors (Lipinski definition) is 5. The largest absolute Gasteiger partial charge is 0.497 e. The van der Waals surface area contributed by atoms with Crippen LogP contribution in [0.2, 0.25) is 0 Å². The molecule has 0 radical (unpaired) electrons. The van der Waals surface area contributed by atoms with Crippen LogP contribution in [-0.4, -0.2) is 37.3 Å². The molecule has 0 bridgehead atoms. The molecule has 0 saturated carbocycles. The van der Waals surface area contributed by atoms with Crippen LogP contribution in [0.4, 0.5) is 26.3 Å². The average molecular weight is 448 g/mol. The summed E-state index contributed by atoms with van der Waals surface area (Å²) in [6.07, 6.45) is -10.0. The summed E-state index contributed by atoms with van der Waals surface area (Å²) in [4.78, 5) is 0. The van der Waals surface area contributed by atoms with Crippen LogP contribution in [0.15, 0.2) is 58.7 Å². The van der Waals surface area contributed by atoms with Crippen molar-refractivity contribution < 1.29 is 35.8 Å². The van der Waals surface area contributed by atoms with Gasteiger partial charge in [-0.1, -0.05) is 36.0 Å². The third-order valence-electron chi connectivity index (χ3n) is 4.33. The van der Waals surface area contributed by atoms with Crippen molar-refractivity contribution in [3.05, 3.63) is 59.7 Å². The number of benzene rings is 2. The van der Waals surface area contributed by atoms with Gasteiger partial charge in [0, 0.05) is 0 Å². The molecule has 0 amide bonds. The Morgan fingerprint density at radius 2 is 1.13 bits per heavy atom. The second-order valence-electron chi connectivity index (χ2n) is 6.09. The van der Waals surface area contributed by atoms with Gasteiger partial charge in [0.1, 0.15) is 16.2 Å². The molecule has 0 aliphatic carbocycles. The monoisotopic (exact) mass is 448 g/mol. The van der Waals surface area contributed by atoms with Crippen molar-refractivity contribution >= 4 is 22.5 Å². The highest BCUT2D eigenvalue weighted by Gasteiger charge is 2.58. The van der Waals surface area contributed by atoms with Gasteiger partial charge in [-0.05, 0) is 35.4 Å². The van der Waals surface area contributed by atoms with Crippen LogP contribution in [0.25, 0.3) is 0 Å². The van der Waals surface area contributed by atoms with Gasteiger partial charge >= 0.3 is 12.4 Å². The normalized spacial score (nSPS) is 16.5. The van der Waals surface area contributed by atoms with E-state index in [-0.39, 0.29) is 22.9 Å². The highest BCUT2D eigenvalue weighted by molar-refractivity contribution is 8.15. The summed E-state index contributed by atoms with van der Waals surface area (Å²) >= 11 is -0.0534. The second kappa shape index (κ2) is 7.86. The molecular weight excluding hydrogens is 434 g/mol. The molecule has 1 heterocycles. The van der Waals surface area contributed by atoms with Crippen molar-refractivity contribution in [2.24, 2.45) is 10.2 Å². The number of halogens is 6. The summed E-state index contributed by atoms with van der Waals surface area (Å²) < 4.78 is 89.9. The van der Waals surface area contributed by atoms with Crippen LogP contribution in [0.3, 0.4) is 0 Å². The van der Waals surface area contributed by atoms with Crippen LogP contribution in [0.1, 0.15) is 11.1 Å². The Kier molecular flexibility index (Phi) is 5.76. The van der Waals surface area contributed by atoms with E-state index < -0.39 is 27.9 Å². The molecule has 4 nitrogen and oxygen atoms in total. The molecule has 0 unspecified atom stereocenters. The molecule has 0 aromatic heterocycles. The zero-order valence-electron chi connectivity index (χ0n) is 15.5. The maximum Gasteiger partial charge on any atom is 0.441 e. The van der Waals surface area contributed by atoms with Crippen LogP contribution < -0.4 is 9.47 Å². The Bertz CT molecular complexity index is 919. The van der Waals surface area contributed by atoms with Crippen molar-refractivity contribution in [1.29, 1.82) is 0 Å². The Morgan fingerprint density at radius 3 is 1.47 bits per heavy atom. The number of nitrogens with zero attached hydrogens (tertiary/aromatic N) is 2. The SMILES string of the molecule is COc1ccc(C2(c3ccc(OC)cc3)SC(C(F)(F)F)=NN=C2C(F)(F)F)cc1. The minimum Gasteiger partial charge on any atom is -0.497 e. The molecule has 2 aromatic carbocycles. The second-order valence-corrected chi connectivity index (χ2v) is 7.29. The van der Waals surface area contributed by atoms with Crippen molar-refractivity contribution in [2.75, 3.05) is 14.2 Å². The summed E-state index contributed by atoms with van der Waals surface area (Å²) in [5, 5.41) is 4.37. The molecule has 3 rings (SSSR count).